The van der Waals surface area contributed by atoms with Crippen LogP contribution in [0.5, 0.6) is 5.75 Å². The molecule has 1 saturated heterocycles. The van der Waals surface area contributed by atoms with E-state index in [9.17, 15) is 4.79 Å². The zero-order chi connectivity index (χ0) is 13.1. The van der Waals surface area contributed by atoms with Crippen molar-refractivity contribution in [2.45, 2.75) is 25.8 Å². The van der Waals surface area contributed by atoms with E-state index in [2.05, 4.69) is 26.6 Å². The largest absolute Gasteiger partial charge is 0.495 e. The molecule has 1 aromatic carbocycles. The first kappa shape index (κ1) is 13.4. The SMILES string of the molecule is COc1cc(Br)cc(C)c1NC(=O)[C@@H]1CCCN1. The number of nitrogens with one attached hydrogen (secondary N) is 2. The summed E-state index contributed by atoms with van der Waals surface area (Å²) in [4.78, 5) is 12.1. The first-order valence-corrected chi connectivity index (χ1v) is 6.79. The fraction of sp³-hybridized carbons (Fsp3) is 0.462. The zero-order valence-electron chi connectivity index (χ0n) is 10.5. The van der Waals surface area contributed by atoms with Crippen LogP contribution in [0.25, 0.3) is 0 Å². The molecule has 0 radical (unpaired) electrons. The molecule has 1 heterocycles. The van der Waals surface area contributed by atoms with E-state index in [0.717, 1.165) is 35.1 Å². The van der Waals surface area contributed by atoms with Gasteiger partial charge in [0.05, 0.1) is 18.8 Å². The molecular weight excluding hydrogens is 296 g/mol. The second-order valence-electron chi connectivity index (χ2n) is 4.44. The minimum atomic E-state index is -0.0854. The number of ether oxygens (including phenoxy) is 1. The normalized spacial score (nSPS) is 18.7. The van der Waals surface area contributed by atoms with Crippen LogP contribution in [0.4, 0.5) is 5.69 Å². The number of amides is 1. The predicted molar refractivity (Wildman–Crippen MR) is 75.1 cm³/mol. The molecule has 5 heteroatoms. The maximum atomic E-state index is 12.1. The number of hydrogen-bond donors (Lipinski definition) is 2. The fourth-order valence-corrected chi connectivity index (χ4v) is 2.70. The average Bonchev–Trinajstić information content (AvgIpc) is 2.85. The molecule has 0 spiro atoms. The number of rotatable bonds is 3. The standard InChI is InChI=1S/C13H17BrN2O2/c1-8-6-9(14)7-11(18-2)12(8)16-13(17)10-4-3-5-15-10/h6-7,10,15H,3-5H2,1-2H3,(H,16,17)/t10-/m0/s1. The van der Waals surface area contributed by atoms with Crippen LogP contribution in [0.2, 0.25) is 0 Å². The maximum Gasteiger partial charge on any atom is 0.241 e. The number of anilines is 1. The Morgan fingerprint density at radius 1 is 1.56 bits per heavy atom. The van der Waals surface area contributed by atoms with E-state index < -0.39 is 0 Å². The molecule has 2 rings (SSSR count). The highest BCUT2D eigenvalue weighted by molar-refractivity contribution is 9.10. The summed E-state index contributed by atoms with van der Waals surface area (Å²) in [7, 11) is 1.60. The Morgan fingerprint density at radius 2 is 2.33 bits per heavy atom. The molecule has 18 heavy (non-hydrogen) atoms. The van der Waals surface area contributed by atoms with Gasteiger partial charge in [-0.15, -0.1) is 0 Å². The van der Waals surface area contributed by atoms with Gasteiger partial charge >= 0.3 is 0 Å². The molecule has 0 aliphatic carbocycles. The van der Waals surface area contributed by atoms with Gasteiger partial charge in [0.15, 0.2) is 0 Å². The highest BCUT2D eigenvalue weighted by Crippen LogP contribution is 2.32. The number of methoxy groups -OCH3 is 1. The summed E-state index contributed by atoms with van der Waals surface area (Å²) < 4.78 is 6.24. The fourth-order valence-electron chi connectivity index (χ4n) is 2.15. The summed E-state index contributed by atoms with van der Waals surface area (Å²) in [6, 6.07) is 3.73. The van der Waals surface area contributed by atoms with Crippen LogP contribution in [-0.4, -0.2) is 25.6 Å². The third-order valence-electron chi connectivity index (χ3n) is 3.11. The van der Waals surface area contributed by atoms with E-state index >= 15 is 0 Å². The van der Waals surface area contributed by atoms with Gasteiger partial charge in [0.2, 0.25) is 5.91 Å². The number of carbonyl (C=O) groups excluding carboxylic acids is 1. The Kier molecular flexibility index (Phi) is 4.24. The number of hydrogen-bond acceptors (Lipinski definition) is 3. The first-order chi connectivity index (χ1) is 8.61. The Balaban J connectivity index is 2.19. The lowest BCUT2D eigenvalue weighted by molar-refractivity contribution is -0.117. The van der Waals surface area contributed by atoms with Crippen LogP contribution in [0.1, 0.15) is 18.4 Å². The minimum Gasteiger partial charge on any atom is -0.495 e. The molecule has 98 valence electrons. The smallest absolute Gasteiger partial charge is 0.241 e. The van der Waals surface area contributed by atoms with Crippen molar-refractivity contribution in [3.8, 4) is 5.75 Å². The summed E-state index contributed by atoms with van der Waals surface area (Å²) in [5, 5.41) is 6.13. The van der Waals surface area contributed by atoms with Gasteiger partial charge < -0.3 is 15.4 Å². The zero-order valence-corrected chi connectivity index (χ0v) is 12.1. The number of halogens is 1. The van der Waals surface area contributed by atoms with Crippen LogP contribution >= 0.6 is 15.9 Å². The van der Waals surface area contributed by atoms with Crippen molar-refractivity contribution in [2.24, 2.45) is 0 Å². The third kappa shape index (κ3) is 2.84. The summed E-state index contributed by atoms with van der Waals surface area (Å²) >= 11 is 3.42. The van der Waals surface area contributed by atoms with Gasteiger partial charge in [-0.2, -0.15) is 0 Å². The van der Waals surface area contributed by atoms with E-state index in [0.29, 0.717) is 5.75 Å². The Bertz CT molecular complexity index is 457. The van der Waals surface area contributed by atoms with Gasteiger partial charge in [-0.25, -0.2) is 0 Å². The van der Waals surface area contributed by atoms with Crippen LogP contribution in [-0.2, 0) is 4.79 Å². The number of carbonyl (C=O) groups is 1. The van der Waals surface area contributed by atoms with Gasteiger partial charge in [-0.05, 0) is 44.0 Å². The van der Waals surface area contributed by atoms with Crippen molar-refractivity contribution < 1.29 is 9.53 Å². The molecule has 0 unspecified atom stereocenters. The average molecular weight is 313 g/mol. The van der Waals surface area contributed by atoms with E-state index in [1.807, 2.05) is 19.1 Å². The van der Waals surface area contributed by atoms with E-state index in [4.69, 9.17) is 4.74 Å². The Labute approximate surface area is 115 Å². The maximum absolute atomic E-state index is 12.1. The topological polar surface area (TPSA) is 50.4 Å². The summed E-state index contributed by atoms with van der Waals surface area (Å²) in [6.07, 6.45) is 1.94. The van der Waals surface area contributed by atoms with Gasteiger partial charge in [0.25, 0.3) is 0 Å². The molecule has 1 aliphatic rings. The Hall–Kier alpha value is -1.07. The summed E-state index contributed by atoms with van der Waals surface area (Å²) in [5.74, 6) is 0.685. The molecule has 2 N–H and O–H groups in total. The summed E-state index contributed by atoms with van der Waals surface area (Å²) in [6.45, 7) is 2.86. The van der Waals surface area contributed by atoms with Crippen LogP contribution < -0.4 is 15.4 Å². The van der Waals surface area contributed by atoms with E-state index in [-0.39, 0.29) is 11.9 Å². The molecule has 1 aliphatic heterocycles. The number of benzene rings is 1. The quantitative estimate of drug-likeness (QED) is 0.901. The third-order valence-corrected chi connectivity index (χ3v) is 3.57. The second-order valence-corrected chi connectivity index (χ2v) is 5.35. The highest BCUT2D eigenvalue weighted by atomic mass is 79.9. The lowest BCUT2D eigenvalue weighted by Crippen LogP contribution is -2.35. The molecule has 1 fully saturated rings. The summed E-state index contributed by atoms with van der Waals surface area (Å²) in [5.41, 5.74) is 1.73. The molecule has 1 atom stereocenters. The van der Waals surface area contributed by atoms with Crippen LogP contribution in [0.15, 0.2) is 16.6 Å². The predicted octanol–water partition coefficient (Wildman–Crippen LogP) is 2.46. The molecule has 1 amide bonds. The van der Waals surface area contributed by atoms with Crippen molar-refractivity contribution in [1.29, 1.82) is 0 Å². The lowest BCUT2D eigenvalue weighted by Gasteiger charge is -2.16. The molecule has 4 nitrogen and oxygen atoms in total. The molecular formula is C13H17BrN2O2. The molecule has 0 aromatic heterocycles. The Morgan fingerprint density at radius 3 is 2.94 bits per heavy atom. The molecule has 0 saturated carbocycles. The van der Waals surface area contributed by atoms with Gasteiger partial charge in [0.1, 0.15) is 5.75 Å². The van der Waals surface area contributed by atoms with Gasteiger partial charge in [-0.1, -0.05) is 15.9 Å². The van der Waals surface area contributed by atoms with Gasteiger partial charge in [0, 0.05) is 4.47 Å². The van der Waals surface area contributed by atoms with Crippen molar-refractivity contribution in [1.82, 2.24) is 5.32 Å². The molecule has 0 bridgehead atoms. The van der Waals surface area contributed by atoms with Crippen molar-refractivity contribution >= 4 is 27.5 Å². The lowest BCUT2D eigenvalue weighted by atomic mass is 10.1. The second kappa shape index (κ2) is 5.71. The highest BCUT2D eigenvalue weighted by Gasteiger charge is 2.23. The molecule has 1 aromatic rings. The minimum absolute atomic E-state index is 0.0104. The van der Waals surface area contributed by atoms with Crippen molar-refractivity contribution in [2.75, 3.05) is 19.0 Å². The number of aryl methyl sites for hydroxylation is 1. The van der Waals surface area contributed by atoms with Crippen molar-refractivity contribution in [3.63, 3.8) is 0 Å². The van der Waals surface area contributed by atoms with E-state index in [1.54, 1.807) is 7.11 Å². The van der Waals surface area contributed by atoms with Gasteiger partial charge in [-0.3, -0.25) is 4.79 Å². The van der Waals surface area contributed by atoms with Crippen LogP contribution in [0.3, 0.4) is 0 Å². The van der Waals surface area contributed by atoms with Crippen molar-refractivity contribution in [3.05, 3.63) is 22.2 Å². The first-order valence-electron chi connectivity index (χ1n) is 6.00. The monoisotopic (exact) mass is 312 g/mol. The van der Waals surface area contributed by atoms with E-state index in [1.165, 1.54) is 0 Å². The van der Waals surface area contributed by atoms with Crippen LogP contribution in [0, 0.1) is 6.92 Å².